The van der Waals surface area contributed by atoms with Crippen molar-refractivity contribution in [2.45, 2.75) is 13.5 Å². The molecule has 3 amide bonds. The number of primary amides is 1. The second kappa shape index (κ2) is 10.2. The first-order valence-electron chi connectivity index (χ1n) is 9.69. The monoisotopic (exact) mass is 437 g/mol. The van der Waals surface area contributed by atoms with Gasteiger partial charge in [-0.25, -0.2) is 0 Å². The molecular formula is C23H23N3O6. The van der Waals surface area contributed by atoms with Crippen molar-refractivity contribution in [1.82, 2.24) is 5.32 Å². The van der Waals surface area contributed by atoms with Crippen LogP contribution in [0, 0.1) is 6.92 Å². The van der Waals surface area contributed by atoms with Gasteiger partial charge in [0.1, 0.15) is 0 Å². The van der Waals surface area contributed by atoms with Crippen LogP contribution >= 0.6 is 0 Å². The molecule has 0 unspecified atom stereocenters. The van der Waals surface area contributed by atoms with Gasteiger partial charge < -0.3 is 30.3 Å². The summed E-state index contributed by atoms with van der Waals surface area (Å²) in [6.45, 7) is 1.79. The predicted molar refractivity (Wildman–Crippen MR) is 117 cm³/mol. The number of hydrogen-bond acceptors (Lipinski definition) is 6. The van der Waals surface area contributed by atoms with Gasteiger partial charge in [-0.1, -0.05) is 12.1 Å². The number of nitrogens with one attached hydrogen (secondary N) is 2. The maximum atomic E-state index is 12.6. The summed E-state index contributed by atoms with van der Waals surface area (Å²) < 4.78 is 15.7. The molecule has 0 saturated carbocycles. The van der Waals surface area contributed by atoms with Gasteiger partial charge in [0, 0.05) is 17.8 Å². The molecule has 0 saturated heterocycles. The molecule has 1 heterocycles. The summed E-state index contributed by atoms with van der Waals surface area (Å²) in [5, 5.41) is 5.57. The number of anilines is 1. The van der Waals surface area contributed by atoms with Gasteiger partial charge in [-0.2, -0.15) is 0 Å². The summed E-state index contributed by atoms with van der Waals surface area (Å²) in [6.07, 6.45) is 1.41. The van der Waals surface area contributed by atoms with E-state index in [0.29, 0.717) is 22.7 Å². The normalized spacial score (nSPS) is 10.3. The predicted octanol–water partition coefficient (Wildman–Crippen LogP) is 2.64. The van der Waals surface area contributed by atoms with Crippen molar-refractivity contribution < 1.29 is 28.3 Å². The van der Waals surface area contributed by atoms with Crippen LogP contribution < -0.4 is 25.8 Å². The van der Waals surface area contributed by atoms with Crippen molar-refractivity contribution in [3.63, 3.8) is 0 Å². The summed E-state index contributed by atoms with van der Waals surface area (Å²) in [4.78, 5) is 35.8. The molecule has 0 atom stereocenters. The molecular weight excluding hydrogens is 414 g/mol. The van der Waals surface area contributed by atoms with E-state index in [9.17, 15) is 14.4 Å². The van der Waals surface area contributed by atoms with Crippen LogP contribution in [0.2, 0.25) is 0 Å². The number of nitrogens with two attached hydrogens (primary N) is 1. The van der Waals surface area contributed by atoms with E-state index in [-0.39, 0.29) is 24.8 Å². The van der Waals surface area contributed by atoms with E-state index in [1.807, 2.05) is 6.92 Å². The zero-order valence-corrected chi connectivity index (χ0v) is 17.6. The minimum absolute atomic E-state index is 0.177. The number of carbonyl (C=O) groups excluding carboxylic acids is 3. The van der Waals surface area contributed by atoms with E-state index in [1.165, 1.54) is 13.4 Å². The number of ether oxygens (including phenoxy) is 2. The van der Waals surface area contributed by atoms with Crippen molar-refractivity contribution in [2.75, 3.05) is 19.0 Å². The zero-order chi connectivity index (χ0) is 23.1. The Morgan fingerprint density at radius 1 is 1.03 bits per heavy atom. The maximum absolute atomic E-state index is 12.6. The van der Waals surface area contributed by atoms with Crippen LogP contribution in [0.4, 0.5) is 5.69 Å². The van der Waals surface area contributed by atoms with Gasteiger partial charge in [0.2, 0.25) is 0 Å². The van der Waals surface area contributed by atoms with Gasteiger partial charge >= 0.3 is 0 Å². The quantitative estimate of drug-likeness (QED) is 0.471. The Bertz CT molecular complexity index is 1120. The molecule has 0 aliphatic rings. The van der Waals surface area contributed by atoms with Crippen molar-refractivity contribution in [3.05, 3.63) is 77.2 Å². The van der Waals surface area contributed by atoms with E-state index in [2.05, 4.69) is 10.6 Å². The number of hydrogen-bond donors (Lipinski definition) is 3. The number of amides is 3. The topological polar surface area (TPSA) is 133 Å². The van der Waals surface area contributed by atoms with Crippen LogP contribution in [0.25, 0.3) is 0 Å². The first-order chi connectivity index (χ1) is 15.4. The Hall–Kier alpha value is -4.27. The molecule has 0 fully saturated rings. The number of carbonyl (C=O) groups is 3. The number of aryl methyl sites for hydroxylation is 1. The highest BCUT2D eigenvalue weighted by atomic mass is 16.5. The lowest BCUT2D eigenvalue weighted by molar-refractivity contribution is -0.119. The summed E-state index contributed by atoms with van der Waals surface area (Å²) in [5.74, 6) is -0.348. The molecule has 9 nitrogen and oxygen atoms in total. The van der Waals surface area contributed by atoms with Crippen LogP contribution in [0.15, 0.2) is 59.2 Å². The Morgan fingerprint density at radius 3 is 2.53 bits per heavy atom. The van der Waals surface area contributed by atoms with Gasteiger partial charge in [-0.05, 0) is 54.4 Å². The summed E-state index contributed by atoms with van der Waals surface area (Å²) in [5.41, 5.74) is 7.55. The first-order valence-corrected chi connectivity index (χ1v) is 9.69. The minimum atomic E-state index is -0.596. The van der Waals surface area contributed by atoms with E-state index < -0.39 is 11.8 Å². The minimum Gasteiger partial charge on any atom is -0.493 e. The van der Waals surface area contributed by atoms with Gasteiger partial charge in [-0.15, -0.1) is 0 Å². The van der Waals surface area contributed by atoms with Crippen LogP contribution in [-0.2, 0) is 11.3 Å². The lowest BCUT2D eigenvalue weighted by Gasteiger charge is -2.13. The molecule has 0 aliphatic heterocycles. The smallest absolute Gasteiger partial charge is 0.291 e. The third kappa shape index (κ3) is 5.66. The molecule has 0 aliphatic carbocycles. The van der Waals surface area contributed by atoms with Gasteiger partial charge in [0.15, 0.2) is 23.9 Å². The van der Waals surface area contributed by atoms with Gasteiger partial charge in [0.25, 0.3) is 17.7 Å². The lowest BCUT2D eigenvalue weighted by atomic mass is 10.1. The van der Waals surface area contributed by atoms with E-state index in [0.717, 1.165) is 11.1 Å². The largest absolute Gasteiger partial charge is 0.493 e. The second-order valence-electron chi connectivity index (χ2n) is 6.88. The molecule has 0 radical (unpaired) electrons. The lowest BCUT2D eigenvalue weighted by Crippen LogP contribution is -2.23. The molecule has 32 heavy (non-hydrogen) atoms. The highest BCUT2D eigenvalue weighted by Crippen LogP contribution is 2.28. The molecule has 3 rings (SSSR count). The van der Waals surface area contributed by atoms with Gasteiger partial charge in [-0.3, -0.25) is 14.4 Å². The van der Waals surface area contributed by atoms with E-state index in [4.69, 9.17) is 19.6 Å². The Kier molecular flexibility index (Phi) is 7.12. The fraction of sp³-hybridized carbons (Fsp3) is 0.174. The summed E-state index contributed by atoms with van der Waals surface area (Å²) >= 11 is 0. The van der Waals surface area contributed by atoms with E-state index >= 15 is 0 Å². The highest BCUT2D eigenvalue weighted by Gasteiger charge is 2.14. The second-order valence-corrected chi connectivity index (χ2v) is 6.88. The summed E-state index contributed by atoms with van der Waals surface area (Å²) in [6, 6.07) is 13.3. The molecule has 0 bridgehead atoms. The van der Waals surface area contributed by atoms with Crippen molar-refractivity contribution in [2.24, 2.45) is 5.73 Å². The fourth-order valence-electron chi connectivity index (χ4n) is 2.86. The SMILES string of the molecule is COc1cc(CNC(=O)c2ccc(C)c(NC(=O)c3ccco3)c2)ccc1OCC(N)=O. The standard InChI is InChI=1S/C23H23N3O6/c1-14-5-7-16(11-17(14)26-23(29)19-4-3-9-31-19)22(28)25-12-15-6-8-18(20(10-15)30-2)32-13-21(24)27/h3-11H,12-13H2,1-2H3,(H2,24,27)(H,25,28)(H,26,29). The molecule has 3 aromatic rings. The fourth-order valence-corrected chi connectivity index (χ4v) is 2.86. The molecule has 9 heteroatoms. The number of furan rings is 1. The van der Waals surface area contributed by atoms with Crippen LogP contribution in [0.5, 0.6) is 11.5 Å². The third-order valence-electron chi connectivity index (χ3n) is 4.54. The summed E-state index contributed by atoms with van der Waals surface area (Å²) in [7, 11) is 1.47. The van der Waals surface area contributed by atoms with Crippen molar-refractivity contribution in [1.29, 1.82) is 0 Å². The molecule has 4 N–H and O–H groups in total. The molecule has 2 aromatic carbocycles. The maximum Gasteiger partial charge on any atom is 0.291 e. The average molecular weight is 437 g/mol. The molecule has 1 aromatic heterocycles. The van der Waals surface area contributed by atoms with Crippen LogP contribution in [0.1, 0.15) is 32.0 Å². The number of rotatable bonds is 9. The van der Waals surface area contributed by atoms with E-state index in [1.54, 1.807) is 48.5 Å². The van der Waals surface area contributed by atoms with Crippen molar-refractivity contribution >= 4 is 23.4 Å². The van der Waals surface area contributed by atoms with Gasteiger partial charge in [0.05, 0.1) is 13.4 Å². The molecule has 0 spiro atoms. The number of benzene rings is 2. The van der Waals surface area contributed by atoms with Crippen LogP contribution in [0.3, 0.4) is 0 Å². The first kappa shape index (κ1) is 22.4. The third-order valence-corrected chi connectivity index (χ3v) is 4.54. The van der Waals surface area contributed by atoms with Crippen LogP contribution in [-0.4, -0.2) is 31.4 Å². The average Bonchev–Trinajstić information content (AvgIpc) is 3.32. The highest BCUT2D eigenvalue weighted by molar-refractivity contribution is 6.03. The number of methoxy groups -OCH3 is 1. The Morgan fingerprint density at radius 2 is 1.84 bits per heavy atom. The Balaban J connectivity index is 1.66. The Labute approximate surface area is 184 Å². The molecule has 166 valence electrons. The van der Waals surface area contributed by atoms with Crippen molar-refractivity contribution in [3.8, 4) is 11.5 Å². The zero-order valence-electron chi connectivity index (χ0n) is 17.6.